The fourth-order valence-corrected chi connectivity index (χ4v) is 3.92. The van der Waals surface area contributed by atoms with Crippen LogP contribution in [0, 0.1) is 0 Å². The van der Waals surface area contributed by atoms with E-state index in [1.165, 1.54) is 0 Å². The number of hydrogen-bond donors (Lipinski definition) is 3. The van der Waals surface area contributed by atoms with E-state index in [0.717, 1.165) is 43.2 Å². The summed E-state index contributed by atoms with van der Waals surface area (Å²) in [7, 11) is 3.72. The largest absolute Gasteiger partial charge is 0.497 e. The van der Waals surface area contributed by atoms with Crippen molar-refractivity contribution in [3.63, 3.8) is 0 Å². The Bertz CT molecular complexity index is 1270. The predicted octanol–water partition coefficient (Wildman–Crippen LogP) is 3.11. The molecule has 1 saturated heterocycles. The summed E-state index contributed by atoms with van der Waals surface area (Å²) in [5.74, 6) is 1.98. The first-order chi connectivity index (χ1) is 18.4. The van der Waals surface area contributed by atoms with Gasteiger partial charge in [-0.15, -0.1) is 0 Å². The monoisotopic (exact) mass is 514 g/mol. The Morgan fingerprint density at radius 2 is 1.74 bits per heavy atom. The molecule has 2 aromatic carbocycles. The Hall–Kier alpha value is -4.44. The maximum Gasteiger partial charge on any atom is 0.255 e. The van der Waals surface area contributed by atoms with E-state index in [9.17, 15) is 4.79 Å². The lowest BCUT2D eigenvalue weighted by Gasteiger charge is -2.33. The highest BCUT2D eigenvalue weighted by Crippen LogP contribution is 2.14. The Morgan fingerprint density at radius 1 is 1.03 bits per heavy atom. The number of anilines is 2. The lowest BCUT2D eigenvalue weighted by atomic mass is 10.2. The van der Waals surface area contributed by atoms with Crippen LogP contribution in [0.3, 0.4) is 0 Å². The van der Waals surface area contributed by atoms with E-state index >= 15 is 0 Å². The molecule has 0 saturated carbocycles. The van der Waals surface area contributed by atoms with Gasteiger partial charge in [0.05, 0.1) is 7.11 Å². The molecule has 1 fully saturated rings. The lowest BCUT2D eigenvalue weighted by Crippen LogP contribution is -2.47. The predicted molar refractivity (Wildman–Crippen MR) is 152 cm³/mol. The van der Waals surface area contributed by atoms with Crippen molar-refractivity contribution in [3.05, 3.63) is 84.1 Å². The molecule has 2 heterocycles. The van der Waals surface area contributed by atoms with Crippen molar-refractivity contribution >= 4 is 29.2 Å². The molecule has 3 aromatic rings. The average Bonchev–Trinajstić information content (AvgIpc) is 2.94. The zero-order valence-corrected chi connectivity index (χ0v) is 22.0. The first-order valence-electron chi connectivity index (χ1n) is 12.5. The van der Waals surface area contributed by atoms with Crippen molar-refractivity contribution in [2.45, 2.75) is 13.1 Å². The number of amidine groups is 1. The van der Waals surface area contributed by atoms with Gasteiger partial charge in [0.2, 0.25) is 5.96 Å². The smallest absolute Gasteiger partial charge is 0.255 e. The minimum absolute atomic E-state index is 0.215. The van der Waals surface area contributed by atoms with E-state index in [1.54, 1.807) is 25.4 Å². The van der Waals surface area contributed by atoms with Crippen LogP contribution in [0.4, 0.5) is 11.5 Å². The second-order valence-corrected chi connectivity index (χ2v) is 9.02. The first-order valence-corrected chi connectivity index (χ1v) is 12.5. The zero-order valence-electron chi connectivity index (χ0n) is 22.0. The Kier molecular flexibility index (Phi) is 8.89. The van der Waals surface area contributed by atoms with Gasteiger partial charge in [-0.3, -0.25) is 4.79 Å². The number of pyridine rings is 1. The normalized spacial score (nSPS) is 15.6. The van der Waals surface area contributed by atoms with Crippen LogP contribution in [0.1, 0.15) is 22.8 Å². The lowest BCUT2D eigenvalue weighted by molar-refractivity contribution is 0.102. The number of methoxy groups -OCH3 is 1. The Morgan fingerprint density at radius 3 is 2.42 bits per heavy atom. The SMILES string of the molecule is COc1ccc(C(N)=NC(=NC(C)Nc2cc(C(=O)Nc3ccccc3)ccn2)N2CCN(C)CC2)cc1. The minimum Gasteiger partial charge on any atom is -0.497 e. The highest BCUT2D eigenvalue weighted by Gasteiger charge is 2.19. The molecular weight excluding hydrogens is 480 g/mol. The number of hydrogen-bond acceptors (Lipinski definition) is 6. The number of guanidine groups is 1. The third-order valence-electron chi connectivity index (χ3n) is 6.11. The number of para-hydroxylation sites is 1. The maximum absolute atomic E-state index is 12.7. The number of carbonyl (C=O) groups excluding carboxylic acids is 1. The van der Waals surface area contributed by atoms with Crippen LogP contribution in [0.15, 0.2) is 82.9 Å². The van der Waals surface area contributed by atoms with Crippen LogP contribution >= 0.6 is 0 Å². The molecule has 1 aliphatic rings. The minimum atomic E-state index is -0.378. The van der Waals surface area contributed by atoms with Crippen molar-refractivity contribution in [2.75, 3.05) is 51.0 Å². The summed E-state index contributed by atoms with van der Waals surface area (Å²) < 4.78 is 5.24. The van der Waals surface area contributed by atoms with Crippen molar-refractivity contribution in [1.29, 1.82) is 0 Å². The molecule has 10 nitrogen and oxygen atoms in total. The summed E-state index contributed by atoms with van der Waals surface area (Å²) in [6, 6.07) is 20.1. The number of piperazine rings is 1. The van der Waals surface area contributed by atoms with E-state index in [4.69, 9.17) is 20.5 Å². The summed E-state index contributed by atoms with van der Waals surface area (Å²) in [5.41, 5.74) is 8.38. The second kappa shape index (κ2) is 12.7. The van der Waals surface area contributed by atoms with Gasteiger partial charge < -0.3 is 30.9 Å². The van der Waals surface area contributed by atoms with Gasteiger partial charge in [-0.2, -0.15) is 4.99 Å². The number of likely N-dealkylation sites (N-methyl/N-ethyl adjacent to an activating group) is 1. The van der Waals surface area contributed by atoms with Crippen molar-refractivity contribution in [2.24, 2.45) is 15.7 Å². The van der Waals surface area contributed by atoms with Gasteiger partial charge in [0.1, 0.15) is 23.6 Å². The van der Waals surface area contributed by atoms with Crippen LogP contribution < -0.4 is 21.1 Å². The van der Waals surface area contributed by atoms with E-state index in [1.807, 2.05) is 61.5 Å². The molecule has 0 aliphatic carbocycles. The summed E-state index contributed by atoms with van der Waals surface area (Å²) in [6.45, 7) is 5.29. The van der Waals surface area contributed by atoms with Gasteiger partial charge in [0.25, 0.3) is 5.91 Å². The highest BCUT2D eigenvalue weighted by molar-refractivity contribution is 6.05. The van der Waals surface area contributed by atoms with Gasteiger partial charge >= 0.3 is 0 Å². The number of aliphatic imine (C=N–C) groups is 2. The maximum atomic E-state index is 12.7. The van der Waals surface area contributed by atoms with Crippen LogP contribution in [0.2, 0.25) is 0 Å². The van der Waals surface area contributed by atoms with Crippen LogP contribution in [0.25, 0.3) is 0 Å². The molecule has 38 heavy (non-hydrogen) atoms. The van der Waals surface area contributed by atoms with Crippen molar-refractivity contribution in [3.8, 4) is 5.75 Å². The number of carbonyl (C=O) groups is 1. The van der Waals surface area contributed by atoms with E-state index in [-0.39, 0.29) is 12.1 Å². The molecule has 0 radical (unpaired) electrons. The van der Waals surface area contributed by atoms with Crippen LogP contribution in [0.5, 0.6) is 5.75 Å². The van der Waals surface area contributed by atoms with Crippen LogP contribution in [-0.4, -0.2) is 79.0 Å². The molecule has 10 heteroatoms. The van der Waals surface area contributed by atoms with Crippen molar-refractivity contribution < 1.29 is 9.53 Å². The van der Waals surface area contributed by atoms with Gasteiger partial charge in [0.15, 0.2) is 0 Å². The second-order valence-electron chi connectivity index (χ2n) is 9.02. The Labute approximate surface area is 223 Å². The molecule has 1 atom stereocenters. The quantitative estimate of drug-likeness (QED) is 0.327. The number of amides is 1. The molecule has 0 bridgehead atoms. The summed E-state index contributed by atoms with van der Waals surface area (Å²) >= 11 is 0. The van der Waals surface area contributed by atoms with Gasteiger partial charge in [0, 0.05) is 49.2 Å². The molecule has 1 amide bonds. The topological polar surface area (TPSA) is 120 Å². The molecule has 1 aromatic heterocycles. The number of rotatable bonds is 7. The zero-order chi connectivity index (χ0) is 26.9. The third kappa shape index (κ3) is 7.30. The number of aromatic nitrogens is 1. The first kappa shape index (κ1) is 26.6. The molecular formula is C28H34N8O2. The summed E-state index contributed by atoms with van der Waals surface area (Å²) in [4.78, 5) is 31.0. The molecule has 1 aliphatic heterocycles. The summed E-state index contributed by atoms with van der Waals surface area (Å²) in [5, 5.41) is 6.15. The van der Waals surface area contributed by atoms with Gasteiger partial charge in [-0.05, 0) is 62.5 Å². The Balaban J connectivity index is 1.52. The fraction of sp³-hybridized carbons (Fsp3) is 0.286. The standard InChI is InChI=1S/C28H34N8O2/c1-20(31-25-19-22(13-14-30-25)27(37)33-23-7-5-4-6-8-23)32-28(36-17-15-35(2)16-18-36)34-26(29)21-9-11-24(38-3)12-10-21/h4-14,19-20H,15-18H2,1-3H3,(H,30,31)(H,33,37)(H2,29,32,34). The number of ether oxygens (including phenoxy) is 1. The van der Waals surface area contributed by atoms with E-state index in [0.29, 0.717) is 23.2 Å². The van der Waals surface area contributed by atoms with Crippen molar-refractivity contribution in [1.82, 2.24) is 14.8 Å². The van der Waals surface area contributed by atoms with Gasteiger partial charge in [-0.1, -0.05) is 18.2 Å². The molecule has 4 rings (SSSR count). The molecule has 0 spiro atoms. The molecule has 4 N–H and O–H groups in total. The molecule has 198 valence electrons. The average molecular weight is 515 g/mol. The fourth-order valence-electron chi connectivity index (χ4n) is 3.92. The number of nitrogens with two attached hydrogens (primary N) is 1. The third-order valence-corrected chi connectivity index (χ3v) is 6.11. The highest BCUT2D eigenvalue weighted by atomic mass is 16.5. The number of benzene rings is 2. The molecule has 1 unspecified atom stereocenters. The van der Waals surface area contributed by atoms with Gasteiger partial charge in [-0.25, -0.2) is 9.98 Å². The number of nitrogens with zero attached hydrogens (tertiary/aromatic N) is 5. The number of nitrogens with one attached hydrogen (secondary N) is 2. The van der Waals surface area contributed by atoms with Crippen LogP contribution in [-0.2, 0) is 0 Å². The van der Waals surface area contributed by atoms with E-state index < -0.39 is 0 Å². The van der Waals surface area contributed by atoms with E-state index in [2.05, 4.69) is 32.5 Å². The summed E-state index contributed by atoms with van der Waals surface area (Å²) in [6.07, 6.45) is 1.22.